The van der Waals surface area contributed by atoms with Crippen LogP contribution in [0.2, 0.25) is 0 Å². The summed E-state index contributed by atoms with van der Waals surface area (Å²) in [6.07, 6.45) is 0. The Labute approximate surface area is 120 Å². The first-order valence-corrected chi connectivity index (χ1v) is 3.21. The molecule has 0 aromatic carbocycles. The molecule has 0 spiro atoms. The number of carbonyl (C=O) groups is 2. The Morgan fingerprint density at radius 1 is 0.867 bits per heavy atom. The molecule has 0 heterocycles. The zero-order valence-electron chi connectivity index (χ0n) is 6.61. The SMILES string of the molecule is O=C([O-])C(F)(F)Cl.O=C([O-])C(F)(F)Cl.[Ca+2]. The molecule has 0 saturated heterocycles. The standard InChI is InChI=1S/2C2HClF2O2.Ca/c2*3-2(4,5)1(6)7;/h2*(H,6,7);/q;;+2/p-2. The maximum Gasteiger partial charge on any atom is 2.00 e. The van der Waals surface area contributed by atoms with Crippen molar-refractivity contribution in [1.29, 1.82) is 0 Å². The maximum atomic E-state index is 10.9. The van der Waals surface area contributed by atoms with Crippen molar-refractivity contribution in [2.24, 2.45) is 0 Å². The van der Waals surface area contributed by atoms with Gasteiger partial charge in [-0.2, -0.15) is 17.6 Å². The molecule has 0 bridgehead atoms. The Balaban J connectivity index is -0.000000180. The van der Waals surface area contributed by atoms with Crippen LogP contribution in [0.5, 0.6) is 0 Å². The summed E-state index contributed by atoms with van der Waals surface area (Å²) < 4.78 is 43.8. The minimum atomic E-state index is -4.22. The Hall–Kier alpha value is 0.500. The van der Waals surface area contributed by atoms with Crippen molar-refractivity contribution in [1.82, 2.24) is 0 Å². The summed E-state index contributed by atoms with van der Waals surface area (Å²) in [5.74, 6) is -5.15. The smallest absolute Gasteiger partial charge is 0.543 e. The number of aliphatic carboxylic acids is 2. The second-order valence-electron chi connectivity index (χ2n) is 1.57. The minimum Gasteiger partial charge on any atom is -0.543 e. The van der Waals surface area contributed by atoms with Crippen LogP contribution < -0.4 is 10.2 Å². The third-order valence-electron chi connectivity index (χ3n) is 0.463. The van der Waals surface area contributed by atoms with Crippen LogP contribution in [-0.2, 0) is 9.59 Å². The van der Waals surface area contributed by atoms with Gasteiger partial charge >= 0.3 is 48.5 Å². The van der Waals surface area contributed by atoms with Crippen molar-refractivity contribution in [2.75, 3.05) is 0 Å². The summed E-state index contributed by atoms with van der Waals surface area (Å²) in [6.45, 7) is 0. The number of carboxylic acid groups (broad SMARTS) is 2. The molecule has 0 atom stereocenters. The van der Waals surface area contributed by atoms with E-state index in [1.54, 1.807) is 0 Å². The first-order chi connectivity index (χ1) is 5.89. The summed E-state index contributed by atoms with van der Waals surface area (Å²) in [7, 11) is 0. The summed E-state index contributed by atoms with van der Waals surface area (Å²) in [5, 5.41) is 9.61. The van der Waals surface area contributed by atoms with Gasteiger partial charge in [0.05, 0.1) is 0 Å². The molecule has 0 aromatic heterocycles. The second kappa shape index (κ2) is 7.72. The van der Waals surface area contributed by atoms with Gasteiger partial charge in [-0.3, -0.25) is 0 Å². The van der Waals surface area contributed by atoms with Gasteiger partial charge in [0.1, 0.15) is 11.9 Å². The molecule has 0 aliphatic heterocycles. The summed E-state index contributed by atoms with van der Waals surface area (Å²) in [5.41, 5.74) is 0. The van der Waals surface area contributed by atoms with E-state index in [1.807, 2.05) is 0 Å². The summed E-state index contributed by atoms with van der Waals surface area (Å²) in [6, 6.07) is 0. The van der Waals surface area contributed by atoms with E-state index in [-0.39, 0.29) is 37.7 Å². The Morgan fingerprint density at radius 3 is 0.933 bits per heavy atom. The largest absolute Gasteiger partial charge is 2.00 e. The van der Waals surface area contributed by atoms with E-state index in [2.05, 4.69) is 23.2 Å². The normalized spacial score (nSPS) is 10.5. The zero-order chi connectivity index (χ0) is 12.2. The van der Waals surface area contributed by atoms with Crippen molar-refractivity contribution in [3.8, 4) is 0 Å². The molecule has 0 unspecified atom stereocenters. The van der Waals surface area contributed by atoms with E-state index in [0.717, 1.165) is 0 Å². The molecule has 15 heavy (non-hydrogen) atoms. The van der Waals surface area contributed by atoms with E-state index in [0.29, 0.717) is 0 Å². The van der Waals surface area contributed by atoms with Crippen LogP contribution in [0, 0.1) is 0 Å². The number of rotatable bonds is 2. The molecule has 11 heteroatoms. The van der Waals surface area contributed by atoms with Gasteiger partial charge in [0.15, 0.2) is 0 Å². The van der Waals surface area contributed by atoms with Crippen molar-refractivity contribution in [3.63, 3.8) is 0 Å². The van der Waals surface area contributed by atoms with Crippen LogP contribution in [0.15, 0.2) is 0 Å². The van der Waals surface area contributed by atoms with Crippen LogP contribution >= 0.6 is 23.2 Å². The molecule has 0 saturated carbocycles. The molecule has 0 rings (SSSR count). The van der Waals surface area contributed by atoms with Gasteiger partial charge in [0.2, 0.25) is 0 Å². The van der Waals surface area contributed by atoms with Gasteiger partial charge in [-0.15, -0.1) is 0 Å². The van der Waals surface area contributed by atoms with Crippen molar-refractivity contribution in [2.45, 2.75) is 10.8 Å². The zero-order valence-corrected chi connectivity index (χ0v) is 10.3. The predicted molar refractivity (Wildman–Crippen MR) is 37.4 cm³/mol. The first kappa shape index (κ1) is 20.9. The number of alkyl halides is 6. The average Bonchev–Trinajstić information content (AvgIpc) is 1.83. The third-order valence-corrected chi connectivity index (χ3v) is 0.772. The van der Waals surface area contributed by atoms with E-state index >= 15 is 0 Å². The van der Waals surface area contributed by atoms with E-state index in [1.165, 1.54) is 0 Å². The van der Waals surface area contributed by atoms with E-state index < -0.39 is 22.7 Å². The first-order valence-electron chi connectivity index (χ1n) is 2.45. The molecular formula is C4CaCl2F4O4. The molecule has 0 aromatic rings. The molecule has 0 aliphatic carbocycles. The molecule has 84 valence electrons. The van der Waals surface area contributed by atoms with Gasteiger partial charge < -0.3 is 19.8 Å². The second-order valence-corrected chi connectivity index (χ2v) is 2.52. The topological polar surface area (TPSA) is 80.3 Å². The number of hydrogen-bond acceptors (Lipinski definition) is 4. The van der Waals surface area contributed by atoms with Gasteiger partial charge in [-0.05, 0) is 23.2 Å². The number of carbonyl (C=O) groups excluding carboxylic acids is 2. The van der Waals surface area contributed by atoms with Gasteiger partial charge in [-0.25, -0.2) is 0 Å². The van der Waals surface area contributed by atoms with Crippen molar-refractivity contribution >= 4 is 72.9 Å². The molecule has 0 amide bonds. The van der Waals surface area contributed by atoms with E-state index in [9.17, 15) is 17.6 Å². The number of halogens is 6. The Morgan fingerprint density at radius 2 is 0.933 bits per heavy atom. The van der Waals surface area contributed by atoms with Crippen LogP contribution in [0.1, 0.15) is 0 Å². The predicted octanol–water partition coefficient (Wildman–Crippen LogP) is -1.25. The fourth-order valence-corrected chi connectivity index (χ4v) is 0. The number of hydrogen-bond donors (Lipinski definition) is 0. The van der Waals surface area contributed by atoms with Crippen LogP contribution in [0.3, 0.4) is 0 Å². The van der Waals surface area contributed by atoms with Gasteiger partial charge in [0.25, 0.3) is 0 Å². The Kier molecular flexibility index (Phi) is 10.7. The van der Waals surface area contributed by atoms with E-state index in [4.69, 9.17) is 19.8 Å². The molecule has 4 nitrogen and oxygen atoms in total. The van der Waals surface area contributed by atoms with Crippen LogP contribution in [0.25, 0.3) is 0 Å². The monoisotopic (exact) mass is 298 g/mol. The van der Waals surface area contributed by atoms with Gasteiger partial charge in [0, 0.05) is 0 Å². The molecule has 0 N–H and O–H groups in total. The quantitative estimate of drug-likeness (QED) is 0.363. The molecular weight excluding hydrogens is 299 g/mol. The van der Waals surface area contributed by atoms with Crippen LogP contribution in [0.4, 0.5) is 17.6 Å². The molecule has 0 radical (unpaired) electrons. The van der Waals surface area contributed by atoms with Crippen molar-refractivity contribution in [3.05, 3.63) is 0 Å². The third kappa shape index (κ3) is 14.5. The number of carboxylic acids is 2. The molecule has 0 aliphatic rings. The fraction of sp³-hybridized carbons (Fsp3) is 0.500. The minimum absolute atomic E-state index is 0. The summed E-state index contributed by atoms with van der Waals surface area (Å²) in [4.78, 5) is 18.1. The summed E-state index contributed by atoms with van der Waals surface area (Å²) >= 11 is 7.75. The Bertz CT molecular complexity index is 202. The van der Waals surface area contributed by atoms with Crippen LogP contribution in [-0.4, -0.2) is 60.4 Å². The molecule has 0 fully saturated rings. The van der Waals surface area contributed by atoms with Crippen molar-refractivity contribution < 1.29 is 37.4 Å². The van der Waals surface area contributed by atoms with Gasteiger partial charge in [-0.1, -0.05) is 0 Å². The maximum absolute atomic E-state index is 10.9. The fourth-order valence-electron chi connectivity index (χ4n) is 0. The average molecular weight is 299 g/mol.